The van der Waals surface area contributed by atoms with Crippen LogP contribution in [0.2, 0.25) is 0 Å². The molecule has 0 amide bonds. The highest BCUT2D eigenvalue weighted by Gasteiger charge is 2.45. The third-order valence-electron chi connectivity index (χ3n) is 3.89. The zero-order valence-electron chi connectivity index (χ0n) is 16.3. The fourth-order valence-electron chi connectivity index (χ4n) is 2.17. The summed E-state index contributed by atoms with van der Waals surface area (Å²) in [7, 11) is -2.39. The van der Waals surface area contributed by atoms with Crippen LogP contribution >= 0.6 is 27.3 Å². The van der Waals surface area contributed by atoms with Crippen LogP contribution in [0, 0.1) is 0 Å². The van der Waals surface area contributed by atoms with E-state index in [1.165, 1.54) is 25.4 Å². The maximum atomic E-state index is 12.5. The molecule has 1 N–H and O–H groups in total. The van der Waals surface area contributed by atoms with Crippen molar-refractivity contribution >= 4 is 49.0 Å². The zero-order valence-corrected chi connectivity index (χ0v) is 19.6. The Balaban J connectivity index is 2.82. The average Bonchev–Trinajstić information content (AvgIpc) is 2.88. The van der Waals surface area contributed by atoms with Crippen molar-refractivity contribution in [3.05, 3.63) is 20.3 Å². The number of methoxy groups -OCH3 is 1. The lowest BCUT2D eigenvalue weighted by molar-refractivity contribution is -0.157. The van der Waals surface area contributed by atoms with Gasteiger partial charge in [-0.25, -0.2) is 13.2 Å². The lowest BCUT2D eigenvalue weighted by atomic mass is 10.1. The molecule has 10 heteroatoms. The van der Waals surface area contributed by atoms with E-state index >= 15 is 0 Å². The lowest BCUT2D eigenvalue weighted by Gasteiger charge is -2.30. The van der Waals surface area contributed by atoms with Gasteiger partial charge in [-0.3, -0.25) is 4.79 Å². The molecule has 0 aliphatic rings. The van der Waals surface area contributed by atoms with Gasteiger partial charge in [-0.05, 0) is 68.2 Å². The number of carbonyl (C=O) groups is 2. The molecule has 0 aliphatic heterocycles. The number of thiophene rings is 1. The van der Waals surface area contributed by atoms with Crippen LogP contribution in [0.15, 0.2) is 9.85 Å². The number of rotatable bonds is 8. The van der Waals surface area contributed by atoms with E-state index in [0.29, 0.717) is 11.4 Å². The number of ether oxygens (including phenoxy) is 2. The van der Waals surface area contributed by atoms with Crippen LogP contribution in [0.4, 0.5) is 0 Å². The molecule has 1 atom stereocenters. The molecule has 1 heterocycles. The first-order valence-corrected chi connectivity index (χ1v) is 11.7. The van der Waals surface area contributed by atoms with Crippen LogP contribution in [0.3, 0.4) is 0 Å². The summed E-state index contributed by atoms with van der Waals surface area (Å²) in [5.74, 6) is -1.20. The Morgan fingerprint density at radius 3 is 2.33 bits per heavy atom. The monoisotopic (exact) mass is 483 g/mol. The molecular formula is C17H26BrNO6S2. The minimum Gasteiger partial charge on any atom is -0.465 e. The van der Waals surface area contributed by atoms with Crippen molar-refractivity contribution in [1.29, 1.82) is 0 Å². The van der Waals surface area contributed by atoms with Gasteiger partial charge in [-0.2, -0.15) is 0 Å². The Morgan fingerprint density at radius 2 is 1.85 bits per heavy atom. The van der Waals surface area contributed by atoms with Crippen LogP contribution in [-0.4, -0.2) is 50.6 Å². The van der Waals surface area contributed by atoms with Gasteiger partial charge in [0.25, 0.3) is 0 Å². The molecular weight excluding hydrogens is 458 g/mol. The number of nitrogens with one attached hydrogen (secondary N) is 1. The SMILES string of the molecule is COC(=O)c1sc(Br)cc1CNCCC(C)(C(=O)OC(C)(C)C)S(C)(=O)=O. The normalized spacial score (nSPS) is 14.5. The fraction of sp³-hybridized carbons (Fsp3) is 0.647. The number of esters is 2. The first-order chi connectivity index (χ1) is 12.2. The minimum atomic E-state index is -3.70. The third-order valence-corrected chi connectivity index (χ3v) is 7.56. The largest absolute Gasteiger partial charge is 0.465 e. The van der Waals surface area contributed by atoms with Crippen LogP contribution in [0.5, 0.6) is 0 Å². The number of hydrogen-bond acceptors (Lipinski definition) is 8. The number of sulfone groups is 1. The molecule has 154 valence electrons. The van der Waals surface area contributed by atoms with Gasteiger partial charge in [0.1, 0.15) is 10.5 Å². The van der Waals surface area contributed by atoms with E-state index in [1.54, 1.807) is 26.8 Å². The molecule has 1 aromatic heterocycles. The number of carbonyl (C=O) groups excluding carboxylic acids is 2. The molecule has 1 unspecified atom stereocenters. The average molecular weight is 484 g/mol. The van der Waals surface area contributed by atoms with Gasteiger partial charge in [0.2, 0.25) is 0 Å². The Labute approximate surface area is 172 Å². The lowest BCUT2D eigenvalue weighted by Crippen LogP contribution is -2.48. The molecule has 0 aliphatic carbocycles. The molecule has 0 saturated carbocycles. The van der Waals surface area contributed by atoms with E-state index in [2.05, 4.69) is 21.2 Å². The summed E-state index contributed by atoms with van der Waals surface area (Å²) in [6.45, 7) is 7.02. The Hall–Kier alpha value is -0.970. The van der Waals surface area contributed by atoms with Crippen molar-refractivity contribution in [1.82, 2.24) is 5.32 Å². The van der Waals surface area contributed by atoms with Crippen molar-refractivity contribution in [2.45, 2.75) is 51.0 Å². The van der Waals surface area contributed by atoms with Gasteiger partial charge in [0, 0.05) is 12.8 Å². The molecule has 0 fully saturated rings. The van der Waals surface area contributed by atoms with Crippen molar-refractivity contribution in [3.8, 4) is 0 Å². The Morgan fingerprint density at radius 1 is 1.26 bits per heavy atom. The fourth-order valence-corrected chi connectivity index (χ4v) is 4.57. The van der Waals surface area contributed by atoms with Gasteiger partial charge in [-0.1, -0.05) is 0 Å². The van der Waals surface area contributed by atoms with Crippen LogP contribution in [-0.2, 0) is 30.7 Å². The molecule has 1 aromatic rings. The molecule has 27 heavy (non-hydrogen) atoms. The first-order valence-electron chi connectivity index (χ1n) is 8.21. The highest BCUT2D eigenvalue weighted by molar-refractivity contribution is 9.11. The van der Waals surface area contributed by atoms with Crippen molar-refractivity contribution < 1.29 is 27.5 Å². The Kier molecular flexibility index (Phi) is 8.04. The summed E-state index contributed by atoms with van der Waals surface area (Å²) in [5, 5.41) is 3.09. The van der Waals surface area contributed by atoms with E-state index in [-0.39, 0.29) is 13.0 Å². The maximum absolute atomic E-state index is 12.5. The highest BCUT2D eigenvalue weighted by Crippen LogP contribution is 2.28. The van der Waals surface area contributed by atoms with Gasteiger partial charge < -0.3 is 14.8 Å². The molecule has 0 saturated heterocycles. The quantitative estimate of drug-likeness (QED) is 0.448. The van der Waals surface area contributed by atoms with Gasteiger partial charge in [-0.15, -0.1) is 11.3 Å². The predicted molar refractivity (Wildman–Crippen MR) is 109 cm³/mol. The summed E-state index contributed by atoms with van der Waals surface area (Å²) >= 11 is 4.59. The summed E-state index contributed by atoms with van der Waals surface area (Å²) in [4.78, 5) is 24.7. The smallest absolute Gasteiger partial charge is 0.348 e. The summed E-state index contributed by atoms with van der Waals surface area (Å²) in [6.07, 6.45) is 1.07. The first kappa shape index (κ1) is 24.1. The van der Waals surface area contributed by atoms with E-state index in [9.17, 15) is 18.0 Å². The number of halogens is 1. The van der Waals surface area contributed by atoms with Gasteiger partial charge in [0.15, 0.2) is 14.6 Å². The summed E-state index contributed by atoms with van der Waals surface area (Å²) < 4.78 is 33.7. The van der Waals surface area contributed by atoms with E-state index in [0.717, 1.165) is 15.6 Å². The standard InChI is InChI=1S/C17H26BrNO6S2/c1-16(2,3)25-15(21)17(4,27(6,22)23)7-8-19-10-11-9-12(18)26-13(11)14(20)24-5/h9,19H,7-8,10H2,1-6H3. The Bertz CT molecular complexity index is 797. The topological polar surface area (TPSA) is 98.8 Å². The second kappa shape index (κ2) is 9.02. The van der Waals surface area contributed by atoms with E-state index in [1.807, 2.05) is 0 Å². The summed E-state index contributed by atoms with van der Waals surface area (Å²) in [5.41, 5.74) is -0.0495. The van der Waals surface area contributed by atoms with Crippen molar-refractivity contribution in [2.75, 3.05) is 19.9 Å². The van der Waals surface area contributed by atoms with Gasteiger partial charge >= 0.3 is 11.9 Å². The minimum absolute atomic E-state index is 0.0413. The molecule has 7 nitrogen and oxygen atoms in total. The zero-order chi connectivity index (χ0) is 21.0. The number of hydrogen-bond donors (Lipinski definition) is 1. The molecule has 0 spiro atoms. The van der Waals surface area contributed by atoms with E-state index in [4.69, 9.17) is 9.47 Å². The third kappa shape index (κ3) is 6.55. The van der Waals surface area contributed by atoms with E-state index < -0.39 is 32.1 Å². The van der Waals surface area contributed by atoms with Crippen LogP contribution in [0.1, 0.15) is 49.4 Å². The van der Waals surface area contributed by atoms with Crippen LogP contribution < -0.4 is 5.32 Å². The highest BCUT2D eigenvalue weighted by atomic mass is 79.9. The second-order valence-corrected chi connectivity index (χ2v) is 12.2. The maximum Gasteiger partial charge on any atom is 0.348 e. The molecule has 1 rings (SSSR count). The molecule has 0 radical (unpaired) electrons. The van der Waals surface area contributed by atoms with Crippen molar-refractivity contribution in [2.24, 2.45) is 0 Å². The second-order valence-electron chi connectivity index (χ2n) is 7.33. The van der Waals surface area contributed by atoms with Gasteiger partial charge in [0.05, 0.1) is 10.9 Å². The molecule has 0 bridgehead atoms. The molecule has 0 aromatic carbocycles. The summed E-state index contributed by atoms with van der Waals surface area (Å²) in [6, 6.07) is 1.80. The predicted octanol–water partition coefficient (Wildman–Crippen LogP) is 2.92. The van der Waals surface area contributed by atoms with Crippen LogP contribution in [0.25, 0.3) is 0 Å². The van der Waals surface area contributed by atoms with Crippen molar-refractivity contribution in [3.63, 3.8) is 0 Å².